The van der Waals surface area contributed by atoms with Crippen LogP contribution in [0.5, 0.6) is 0 Å². The predicted molar refractivity (Wildman–Crippen MR) is 69.4 cm³/mol. The largest absolute Gasteiger partial charge is 0.463 e. The van der Waals surface area contributed by atoms with Gasteiger partial charge in [0.1, 0.15) is 6.61 Å². The molecule has 1 rings (SSSR count). The molecule has 2 unspecified atom stereocenters. The molecule has 0 aromatic heterocycles. The lowest BCUT2D eigenvalue weighted by Crippen LogP contribution is -2.51. The Morgan fingerprint density at radius 1 is 1.26 bits per heavy atom. The van der Waals surface area contributed by atoms with Crippen LogP contribution < -0.4 is 0 Å². The van der Waals surface area contributed by atoms with E-state index < -0.39 is 18.1 Å². The van der Waals surface area contributed by atoms with Crippen molar-refractivity contribution < 1.29 is 23.4 Å². The van der Waals surface area contributed by atoms with Crippen molar-refractivity contribution in [2.45, 2.75) is 65.7 Å². The first-order valence-electron chi connectivity index (χ1n) is 6.72. The predicted octanol–water partition coefficient (Wildman–Crippen LogP) is 2.70. The number of alkyl halides is 1. The summed E-state index contributed by atoms with van der Waals surface area (Å²) in [7, 11) is 0. The first-order chi connectivity index (χ1) is 8.61. The Bertz CT molecular complexity index is 313. The number of esters is 1. The van der Waals surface area contributed by atoms with Gasteiger partial charge in [0.15, 0.2) is 12.5 Å². The van der Waals surface area contributed by atoms with Gasteiger partial charge in [0.25, 0.3) is 0 Å². The van der Waals surface area contributed by atoms with E-state index >= 15 is 0 Å². The van der Waals surface area contributed by atoms with Crippen LogP contribution in [0.1, 0.15) is 41.5 Å². The minimum atomic E-state index is -1.18. The molecule has 1 heterocycles. The Kier molecular flexibility index (Phi) is 5.33. The molecule has 0 radical (unpaired) electrons. The maximum atomic E-state index is 14.2. The van der Waals surface area contributed by atoms with Gasteiger partial charge in [0, 0.05) is 6.92 Å². The third-order valence-corrected chi connectivity index (χ3v) is 3.41. The number of carbonyl (C=O) groups is 1. The molecule has 0 amide bonds. The zero-order chi connectivity index (χ0) is 14.8. The summed E-state index contributed by atoms with van der Waals surface area (Å²) < 4.78 is 30.5. The summed E-state index contributed by atoms with van der Waals surface area (Å²) in [5, 5.41) is 0. The van der Waals surface area contributed by atoms with Gasteiger partial charge in [-0.15, -0.1) is 0 Å². The molecule has 0 bridgehead atoms. The number of hydrogen-bond acceptors (Lipinski definition) is 4. The van der Waals surface area contributed by atoms with E-state index in [1.807, 2.05) is 34.6 Å². The first-order valence-corrected chi connectivity index (χ1v) is 6.72. The second-order valence-corrected chi connectivity index (χ2v) is 6.24. The molecule has 0 aliphatic carbocycles. The van der Waals surface area contributed by atoms with Crippen LogP contribution in [0.25, 0.3) is 0 Å². The summed E-state index contributed by atoms with van der Waals surface area (Å²) in [6.07, 6.45) is -2.42. The van der Waals surface area contributed by atoms with Crippen LogP contribution in [0.4, 0.5) is 4.39 Å². The Morgan fingerprint density at radius 2 is 1.84 bits per heavy atom. The van der Waals surface area contributed by atoms with Gasteiger partial charge in [-0.25, -0.2) is 4.39 Å². The SMILES string of the molecule is CC(=O)OCC1O[C@@H](OC(C)(C)C)C(F)[C@@H](C)[C@@H]1C. The van der Waals surface area contributed by atoms with Crippen molar-refractivity contribution in [3.63, 3.8) is 0 Å². The zero-order valence-electron chi connectivity index (χ0n) is 12.6. The van der Waals surface area contributed by atoms with Gasteiger partial charge < -0.3 is 14.2 Å². The fourth-order valence-electron chi connectivity index (χ4n) is 2.08. The van der Waals surface area contributed by atoms with Crippen LogP contribution in [0.2, 0.25) is 0 Å². The van der Waals surface area contributed by atoms with Crippen molar-refractivity contribution in [1.29, 1.82) is 0 Å². The molecule has 112 valence electrons. The number of halogens is 1. The van der Waals surface area contributed by atoms with Crippen molar-refractivity contribution in [3.8, 4) is 0 Å². The summed E-state index contributed by atoms with van der Waals surface area (Å²) in [6.45, 7) is 10.8. The van der Waals surface area contributed by atoms with E-state index in [0.29, 0.717) is 0 Å². The lowest BCUT2D eigenvalue weighted by atomic mass is 9.84. The minimum Gasteiger partial charge on any atom is -0.463 e. The van der Waals surface area contributed by atoms with E-state index in [-0.39, 0.29) is 30.5 Å². The summed E-state index contributed by atoms with van der Waals surface area (Å²) in [5.41, 5.74) is -0.485. The first kappa shape index (κ1) is 16.4. The van der Waals surface area contributed by atoms with Crippen LogP contribution in [0.3, 0.4) is 0 Å². The van der Waals surface area contributed by atoms with Gasteiger partial charge >= 0.3 is 5.97 Å². The highest BCUT2D eigenvalue weighted by molar-refractivity contribution is 5.65. The molecule has 0 aromatic carbocycles. The molecule has 5 atom stereocenters. The Morgan fingerprint density at radius 3 is 2.32 bits per heavy atom. The molecule has 0 spiro atoms. The maximum Gasteiger partial charge on any atom is 0.302 e. The Balaban J connectivity index is 2.70. The van der Waals surface area contributed by atoms with Gasteiger partial charge in [-0.2, -0.15) is 0 Å². The molecule has 5 heteroatoms. The molecule has 0 saturated carbocycles. The molecule has 0 N–H and O–H groups in total. The average molecular weight is 276 g/mol. The third-order valence-electron chi connectivity index (χ3n) is 3.41. The molecule has 1 saturated heterocycles. The number of carbonyl (C=O) groups excluding carboxylic acids is 1. The van der Waals surface area contributed by atoms with Crippen molar-refractivity contribution in [1.82, 2.24) is 0 Å². The summed E-state index contributed by atoms with van der Waals surface area (Å²) in [4.78, 5) is 10.9. The van der Waals surface area contributed by atoms with Crippen LogP contribution in [0, 0.1) is 11.8 Å². The standard InChI is InChI=1S/C14H25FO4/c1-8-9(2)12(15)13(19-14(4,5)6)18-11(8)7-17-10(3)16/h8-9,11-13H,7H2,1-6H3/t8-,9-,11?,12?,13-/m0/s1. The smallest absolute Gasteiger partial charge is 0.302 e. The van der Waals surface area contributed by atoms with Crippen molar-refractivity contribution in [2.75, 3.05) is 6.61 Å². The highest BCUT2D eigenvalue weighted by Crippen LogP contribution is 2.34. The molecule has 1 fully saturated rings. The number of rotatable bonds is 3. The lowest BCUT2D eigenvalue weighted by molar-refractivity contribution is -0.287. The highest BCUT2D eigenvalue weighted by Gasteiger charge is 2.44. The monoisotopic (exact) mass is 276 g/mol. The summed E-state index contributed by atoms with van der Waals surface area (Å²) in [6, 6.07) is 0. The number of ether oxygens (including phenoxy) is 3. The van der Waals surface area contributed by atoms with Crippen molar-refractivity contribution >= 4 is 5.97 Å². The fourth-order valence-corrected chi connectivity index (χ4v) is 2.08. The van der Waals surface area contributed by atoms with Crippen LogP contribution in [0.15, 0.2) is 0 Å². The molecule has 1 aliphatic rings. The average Bonchev–Trinajstić information content (AvgIpc) is 2.26. The summed E-state index contributed by atoms with van der Waals surface area (Å²) in [5.74, 6) is -0.602. The van der Waals surface area contributed by atoms with Crippen LogP contribution >= 0.6 is 0 Å². The van der Waals surface area contributed by atoms with Gasteiger partial charge in [-0.1, -0.05) is 13.8 Å². The van der Waals surface area contributed by atoms with E-state index in [9.17, 15) is 9.18 Å². The molecule has 4 nitrogen and oxygen atoms in total. The second kappa shape index (κ2) is 6.18. The van der Waals surface area contributed by atoms with E-state index in [2.05, 4.69) is 0 Å². The van der Waals surface area contributed by atoms with E-state index in [1.165, 1.54) is 6.92 Å². The normalized spacial score (nSPS) is 36.1. The van der Waals surface area contributed by atoms with Gasteiger partial charge in [0.05, 0.1) is 11.7 Å². The van der Waals surface area contributed by atoms with E-state index in [1.54, 1.807) is 0 Å². The Labute approximate surface area is 114 Å². The van der Waals surface area contributed by atoms with Gasteiger partial charge in [0.2, 0.25) is 0 Å². The third kappa shape index (κ3) is 4.73. The fraction of sp³-hybridized carbons (Fsp3) is 0.929. The molecule has 1 aliphatic heterocycles. The van der Waals surface area contributed by atoms with Crippen molar-refractivity contribution in [3.05, 3.63) is 0 Å². The lowest BCUT2D eigenvalue weighted by Gasteiger charge is -2.42. The molecule has 0 aromatic rings. The zero-order valence-corrected chi connectivity index (χ0v) is 12.6. The van der Waals surface area contributed by atoms with Gasteiger partial charge in [-0.3, -0.25) is 4.79 Å². The second-order valence-electron chi connectivity index (χ2n) is 6.24. The topological polar surface area (TPSA) is 44.8 Å². The van der Waals surface area contributed by atoms with Crippen LogP contribution in [-0.4, -0.2) is 36.7 Å². The quantitative estimate of drug-likeness (QED) is 0.743. The summed E-state index contributed by atoms with van der Waals surface area (Å²) >= 11 is 0. The molecule has 19 heavy (non-hydrogen) atoms. The minimum absolute atomic E-state index is 0.0332. The van der Waals surface area contributed by atoms with E-state index in [4.69, 9.17) is 14.2 Å². The highest BCUT2D eigenvalue weighted by atomic mass is 19.1. The molecular weight excluding hydrogens is 251 g/mol. The Hall–Kier alpha value is -0.680. The van der Waals surface area contributed by atoms with Gasteiger partial charge in [-0.05, 0) is 32.6 Å². The van der Waals surface area contributed by atoms with E-state index in [0.717, 1.165) is 0 Å². The van der Waals surface area contributed by atoms with Crippen LogP contribution in [-0.2, 0) is 19.0 Å². The van der Waals surface area contributed by atoms with Crippen molar-refractivity contribution in [2.24, 2.45) is 11.8 Å². The molecular formula is C14H25FO4. The maximum absolute atomic E-state index is 14.2. The number of hydrogen-bond donors (Lipinski definition) is 0.